The smallest absolute Gasteiger partial charge is 0.224 e. The Labute approximate surface area is 178 Å². The third-order valence-electron chi connectivity index (χ3n) is 5.20. The summed E-state index contributed by atoms with van der Waals surface area (Å²) in [5.41, 5.74) is 2.55. The number of rotatable bonds is 5. The van der Waals surface area contributed by atoms with Gasteiger partial charge in [-0.3, -0.25) is 18.8 Å². The van der Waals surface area contributed by atoms with E-state index in [1.165, 1.54) is 6.92 Å². The van der Waals surface area contributed by atoms with Gasteiger partial charge in [-0.1, -0.05) is 12.1 Å². The number of carbonyl (C=O) groups excluding carboxylic acids is 3. The zero-order valence-corrected chi connectivity index (χ0v) is 17.5. The Bertz CT molecular complexity index is 1040. The molecule has 1 fully saturated rings. The van der Waals surface area contributed by atoms with Gasteiger partial charge in [0.25, 0.3) is 0 Å². The van der Waals surface area contributed by atoms with Crippen molar-refractivity contribution < 1.29 is 14.4 Å². The first-order chi connectivity index (χ1) is 14.5. The van der Waals surface area contributed by atoms with Crippen LogP contribution in [-0.2, 0) is 14.4 Å². The minimum Gasteiger partial charge on any atom is -0.339 e. The van der Waals surface area contributed by atoms with Crippen molar-refractivity contribution >= 4 is 39.7 Å². The van der Waals surface area contributed by atoms with Crippen molar-refractivity contribution in [1.29, 1.82) is 0 Å². The summed E-state index contributed by atoms with van der Waals surface area (Å²) < 4.78 is 1.98. The Balaban J connectivity index is 1.25. The molecule has 156 valence electrons. The van der Waals surface area contributed by atoms with Gasteiger partial charge < -0.3 is 15.1 Å². The van der Waals surface area contributed by atoms with Crippen LogP contribution in [0.3, 0.4) is 0 Å². The first-order valence-corrected chi connectivity index (χ1v) is 10.7. The molecule has 0 atom stereocenters. The third kappa shape index (κ3) is 4.51. The lowest BCUT2D eigenvalue weighted by molar-refractivity contribution is -0.138. The van der Waals surface area contributed by atoms with Gasteiger partial charge in [0, 0.05) is 75.0 Å². The van der Waals surface area contributed by atoms with Crippen molar-refractivity contribution in [2.24, 2.45) is 0 Å². The summed E-state index contributed by atoms with van der Waals surface area (Å²) in [4.78, 5) is 44.9. The third-order valence-corrected chi connectivity index (χ3v) is 5.97. The molecule has 0 aliphatic carbocycles. The van der Waals surface area contributed by atoms with Crippen LogP contribution in [0.4, 0.5) is 5.69 Å². The van der Waals surface area contributed by atoms with Gasteiger partial charge in [0.15, 0.2) is 4.96 Å². The SMILES string of the molecule is CC(=O)N1CCN(C(=O)CCC(=O)Nc2ccc(-c3cn4ccsc4n3)cc2)CC1. The predicted molar refractivity (Wildman–Crippen MR) is 115 cm³/mol. The number of aromatic nitrogens is 2. The average Bonchev–Trinajstić information content (AvgIpc) is 3.35. The summed E-state index contributed by atoms with van der Waals surface area (Å²) in [6.45, 7) is 3.68. The highest BCUT2D eigenvalue weighted by Gasteiger charge is 2.22. The fourth-order valence-electron chi connectivity index (χ4n) is 3.46. The molecule has 2 aromatic heterocycles. The quantitative estimate of drug-likeness (QED) is 0.680. The zero-order chi connectivity index (χ0) is 21.1. The molecule has 9 heteroatoms. The van der Waals surface area contributed by atoms with Crippen molar-refractivity contribution in [1.82, 2.24) is 19.2 Å². The molecule has 1 N–H and O–H groups in total. The van der Waals surface area contributed by atoms with E-state index in [2.05, 4.69) is 10.3 Å². The molecule has 0 radical (unpaired) electrons. The Morgan fingerprint density at radius 2 is 1.73 bits per heavy atom. The number of carbonyl (C=O) groups is 3. The van der Waals surface area contributed by atoms with E-state index in [0.29, 0.717) is 31.9 Å². The summed E-state index contributed by atoms with van der Waals surface area (Å²) in [5.74, 6) is -0.218. The Morgan fingerprint density at radius 1 is 1.03 bits per heavy atom. The summed E-state index contributed by atoms with van der Waals surface area (Å²) in [5, 5.41) is 4.82. The molecule has 0 spiro atoms. The fraction of sp³-hybridized carbons (Fsp3) is 0.333. The summed E-state index contributed by atoms with van der Waals surface area (Å²) in [7, 11) is 0. The fourth-order valence-corrected chi connectivity index (χ4v) is 4.16. The van der Waals surface area contributed by atoms with E-state index in [-0.39, 0.29) is 30.6 Å². The number of nitrogens with zero attached hydrogens (tertiary/aromatic N) is 4. The molecule has 0 saturated carbocycles. The van der Waals surface area contributed by atoms with E-state index >= 15 is 0 Å². The van der Waals surface area contributed by atoms with Gasteiger partial charge in [0.1, 0.15) is 0 Å². The first-order valence-electron chi connectivity index (χ1n) is 9.85. The molecular weight excluding hydrogens is 402 g/mol. The number of imidazole rings is 1. The molecule has 3 amide bonds. The van der Waals surface area contributed by atoms with Crippen molar-refractivity contribution in [3.05, 3.63) is 42.0 Å². The standard InChI is InChI=1S/C21H23N5O3S/c1-15(27)24-8-10-25(11-9-24)20(29)7-6-19(28)22-17-4-2-16(3-5-17)18-14-26-12-13-30-21(26)23-18/h2-5,12-14H,6-11H2,1H3,(H,22,28). The first kappa shape index (κ1) is 20.1. The maximum absolute atomic E-state index is 12.3. The van der Waals surface area contributed by atoms with Gasteiger partial charge in [-0.05, 0) is 12.1 Å². The summed E-state index contributed by atoms with van der Waals surface area (Å²) in [6.07, 6.45) is 4.23. The van der Waals surface area contributed by atoms with E-state index in [9.17, 15) is 14.4 Å². The van der Waals surface area contributed by atoms with Gasteiger partial charge in [0.05, 0.1) is 5.69 Å². The van der Waals surface area contributed by atoms with Gasteiger partial charge in [-0.25, -0.2) is 4.98 Å². The molecule has 3 aromatic rings. The number of fused-ring (bicyclic) bond motifs is 1. The molecule has 8 nitrogen and oxygen atoms in total. The maximum atomic E-state index is 12.3. The van der Waals surface area contributed by atoms with Crippen LogP contribution in [0.25, 0.3) is 16.2 Å². The topological polar surface area (TPSA) is 87.0 Å². The second-order valence-corrected chi connectivity index (χ2v) is 8.10. The minimum absolute atomic E-state index is 0.0280. The number of amides is 3. The highest BCUT2D eigenvalue weighted by molar-refractivity contribution is 7.15. The van der Waals surface area contributed by atoms with E-state index in [0.717, 1.165) is 16.2 Å². The van der Waals surface area contributed by atoms with Gasteiger partial charge >= 0.3 is 0 Å². The van der Waals surface area contributed by atoms with E-state index in [4.69, 9.17) is 0 Å². The number of thiazole rings is 1. The van der Waals surface area contributed by atoms with Gasteiger partial charge in [-0.15, -0.1) is 11.3 Å². The van der Waals surface area contributed by atoms with Crippen LogP contribution >= 0.6 is 11.3 Å². The molecule has 0 bridgehead atoms. The molecule has 1 aliphatic heterocycles. The highest BCUT2D eigenvalue weighted by Crippen LogP contribution is 2.23. The number of nitrogens with one attached hydrogen (secondary N) is 1. The summed E-state index contributed by atoms with van der Waals surface area (Å²) >= 11 is 1.58. The van der Waals surface area contributed by atoms with Gasteiger partial charge in [0.2, 0.25) is 17.7 Å². The lowest BCUT2D eigenvalue weighted by Gasteiger charge is -2.34. The zero-order valence-electron chi connectivity index (χ0n) is 16.7. The molecule has 1 aliphatic rings. The number of benzene rings is 1. The largest absolute Gasteiger partial charge is 0.339 e. The predicted octanol–water partition coefficient (Wildman–Crippen LogP) is 2.47. The van der Waals surface area contributed by atoms with Crippen LogP contribution in [0, 0.1) is 0 Å². The molecular formula is C21H23N5O3S. The van der Waals surface area contributed by atoms with E-state index in [1.807, 2.05) is 46.4 Å². The van der Waals surface area contributed by atoms with Gasteiger partial charge in [-0.2, -0.15) is 0 Å². The number of hydrogen-bond acceptors (Lipinski definition) is 5. The molecule has 4 rings (SSSR count). The molecule has 0 unspecified atom stereocenters. The van der Waals surface area contributed by atoms with E-state index < -0.39 is 0 Å². The van der Waals surface area contributed by atoms with Crippen molar-refractivity contribution in [3.8, 4) is 11.3 Å². The number of anilines is 1. The Kier molecular flexibility index (Phi) is 5.80. The number of piperazine rings is 1. The van der Waals surface area contributed by atoms with Crippen LogP contribution in [0.15, 0.2) is 42.0 Å². The lowest BCUT2D eigenvalue weighted by Crippen LogP contribution is -2.50. The second-order valence-electron chi connectivity index (χ2n) is 7.23. The van der Waals surface area contributed by atoms with Crippen molar-refractivity contribution in [2.45, 2.75) is 19.8 Å². The normalized spacial score (nSPS) is 14.2. The summed E-state index contributed by atoms with van der Waals surface area (Å²) in [6, 6.07) is 7.51. The Morgan fingerprint density at radius 3 is 2.40 bits per heavy atom. The van der Waals surface area contributed by atoms with Crippen LogP contribution in [-0.4, -0.2) is 63.1 Å². The van der Waals surface area contributed by atoms with Crippen molar-refractivity contribution in [2.75, 3.05) is 31.5 Å². The molecule has 1 saturated heterocycles. The van der Waals surface area contributed by atoms with Crippen LogP contribution < -0.4 is 5.32 Å². The maximum Gasteiger partial charge on any atom is 0.224 e. The minimum atomic E-state index is -0.194. The monoisotopic (exact) mass is 425 g/mol. The lowest BCUT2D eigenvalue weighted by atomic mass is 10.1. The highest BCUT2D eigenvalue weighted by atomic mass is 32.1. The molecule has 1 aromatic carbocycles. The molecule has 30 heavy (non-hydrogen) atoms. The van der Waals surface area contributed by atoms with Crippen LogP contribution in [0.1, 0.15) is 19.8 Å². The van der Waals surface area contributed by atoms with Crippen molar-refractivity contribution in [3.63, 3.8) is 0 Å². The molecule has 3 heterocycles. The second kappa shape index (κ2) is 8.66. The number of hydrogen-bond donors (Lipinski definition) is 1. The Hall–Kier alpha value is -3.20. The van der Waals surface area contributed by atoms with Crippen LogP contribution in [0.5, 0.6) is 0 Å². The van der Waals surface area contributed by atoms with E-state index in [1.54, 1.807) is 21.1 Å². The average molecular weight is 426 g/mol. The van der Waals surface area contributed by atoms with Crippen LogP contribution in [0.2, 0.25) is 0 Å².